The van der Waals surface area contributed by atoms with E-state index in [0.29, 0.717) is 12.2 Å². The van der Waals surface area contributed by atoms with Crippen LogP contribution in [0, 0.1) is 5.82 Å². The van der Waals surface area contributed by atoms with Gasteiger partial charge in [0.1, 0.15) is 12.7 Å². The van der Waals surface area contributed by atoms with E-state index < -0.39 is 18.0 Å². The second kappa shape index (κ2) is 7.31. The SMILES string of the molecule is CCOCC(O)COc1ccc(C(C)O)cc1F. The molecule has 0 bridgehead atoms. The summed E-state index contributed by atoms with van der Waals surface area (Å²) in [6.07, 6.45) is -1.52. The van der Waals surface area contributed by atoms with Crippen LogP contribution in [0.1, 0.15) is 25.5 Å². The molecule has 0 saturated carbocycles. The molecule has 0 aliphatic carbocycles. The van der Waals surface area contributed by atoms with Crippen LogP contribution in [-0.2, 0) is 4.74 Å². The van der Waals surface area contributed by atoms with Crippen molar-refractivity contribution >= 4 is 0 Å². The molecular weight excluding hydrogens is 239 g/mol. The molecule has 0 aliphatic heterocycles. The number of halogens is 1. The molecule has 1 aromatic carbocycles. The van der Waals surface area contributed by atoms with Gasteiger partial charge in [-0.3, -0.25) is 0 Å². The number of hydrogen-bond donors (Lipinski definition) is 2. The third-order valence-corrected chi connectivity index (χ3v) is 2.38. The molecular formula is C13H19FO4. The first-order valence-electron chi connectivity index (χ1n) is 5.90. The Kier molecular flexibility index (Phi) is 6.04. The molecule has 2 atom stereocenters. The maximum atomic E-state index is 13.6. The summed E-state index contributed by atoms with van der Waals surface area (Å²) in [5.41, 5.74) is 0.481. The summed E-state index contributed by atoms with van der Waals surface area (Å²) in [5, 5.41) is 18.8. The molecule has 0 amide bonds. The van der Waals surface area contributed by atoms with Gasteiger partial charge >= 0.3 is 0 Å². The summed E-state index contributed by atoms with van der Waals surface area (Å²) in [4.78, 5) is 0. The molecule has 2 N–H and O–H groups in total. The first-order valence-corrected chi connectivity index (χ1v) is 5.90. The summed E-state index contributed by atoms with van der Waals surface area (Å²) >= 11 is 0. The van der Waals surface area contributed by atoms with E-state index in [0.717, 1.165) is 0 Å². The molecule has 0 spiro atoms. The predicted octanol–water partition coefficient (Wildman–Crippen LogP) is 1.66. The number of aliphatic hydroxyl groups is 2. The molecule has 102 valence electrons. The zero-order chi connectivity index (χ0) is 13.5. The van der Waals surface area contributed by atoms with Crippen LogP contribution in [0.3, 0.4) is 0 Å². The van der Waals surface area contributed by atoms with E-state index >= 15 is 0 Å². The lowest BCUT2D eigenvalue weighted by atomic mass is 10.1. The quantitative estimate of drug-likeness (QED) is 0.781. The van der Waals surface area contributed by atoms with Gasteiger partial charge in [-0.15, -0.1) is 0 Å². The van der Waals surface area contributed by atoms with E-state index in [1.165, 1.54) is 12.1 Å². The summed E-state index contributed by atoms with van der Waals surface area (Å²) in [6.45, 7) is 4.01. The average molecular weight is 258 g/mol. The molecule has 5 heteroatoms. The van der Waals surface area contributed by atoms with E-state index in [9.17, 15) is 14.6 Å². The van der Waals surface area contributed by atoms with Crippen molar-refractivity contribution in [2.24, 2.45) is 0 Å². The van der Waals surface area contributed by atoms with Gasteiger partial charge in [0.25, 0.3) is 0 Å². The average Bonchev–Trinajstić information content (AvgIpc) is 2.34. The number of rotatable bonds is 7. The van der Waals surface area contributed by atoms with Gasteiger partial charge < -0.3 is 19.7 Å². The Morgan fingerprint density at radius 1 is 1.28 bits per heavy atom. The Labute approximate surface area is 106 Å². The Balaban J connectivity index is 2.52. The van der Waals surface area contributed by atoms with Crippen LogP contribution in [0.15, 0.2) is 18.2 Å². The van der Waals surface area contributed by atoms with E-state index in [4.69, 9.17) is 9.47 Å². The zero-order valence-electron chi connectivity index (χ0n) is 10.6. The highest BCUT2D eigenvalue weighted by Gasteiger charge is 2.10. The normalized spacial score (nSPS) is 14.3. The molecule has 1 rings (SSSR count). The van der Waals surface area contributed by atoms with Crippen LogP contribution in [0.2, 0.25) is 0 Å². The Bertz CT molecular complexity index is 368. The molecule has 4 nitrogen and oxygen atoms in total. The minimum atomic E-state index is -0.791. The van der Waals surface area contributed by atoms with Crippen LogP contribution in [0.4, 0.5) is 4.39 Å². The van der Waals surface area contributed by atoms with Crippen LogP contribution >= 0.6 is 0 Å². The Hall–Kier alpha value is -1.17. The fourth-order valence-corrected chi connectivity index (χ4v) is 1.38. The number of benzene rings is 1. The fourth-order valence-electron chi connectivity index (χ4n) is 1.38. The van der Waals surface area contributed by atoms with Crippen LogP contribution in [0.25, 0.3) is 0 Å². The molecule has 2 unspecified atom stereocenters. The Morgan fingerprint density at radius 3 is 2.56 bits per heavy atom. The molecule has 0 aliphatic rings. The highest BCUT2D eigenvalue weighted by molar-refractivity contribution is 5.30. The lowest BCUT2D eigenvalue weighted by Gasteiger charge is -2.13. The lowest BCUT2D eigenvalue weighted by molar-refractivity contribution is 0.0157. The molecule has 18 heavy (non-hydrogen) atoms. The van der Waals surface area contributed by atoms with E-state index in [1.54, 1.807) is 13.0 Å². The van der Waals surface area contributed by atoms with Crippen molar-refractivity contribution in [3.8, 4) is 5.75 Å². The van der Waals surface area contributed by atoms with Crippen molar-refractivity contribution in [2.45, 2.75) is 26.1 Å². The second-order valence-electron chi connectivity index (χ2n) is 3.99. The summed E-state index contributed by atoms with van der Waals surface area (Å²) < 4.78 is 23.7. The molecule has 0 aromatic heterocycles. The number of hydrogen-bond acceptors (Lipinski definition) is 4. The summed E-state index contributed by atoms with van der Waals surface area (Å²) in [7, 11) is 0. The van der Waals surface area contributed by atoms with Gasteiger partial charge in [-0.2, -0.15) is 0 Å². The van der Waals surface area contributed by atoms with E-state index in [-0.39, 0.29) is 19.0 Å². The molecule has 0 fully saturated rings. The predicted molar refractivity (Wildman–Crippen MR) is 65.0 cm³/mol. The Morgan fingerprint density at radius 2 is 2.00 bits per heavy atom. The third kappa shape index (κ3) is 4.60. The largest absolute Gasteiger partial charge is 0.488 e. The third-order valence-electron chi connectivity index (χ3n) is 2.38. The van der Waals surface area contributed by atoms with Gasteiger partial charge in [-0.1, -0.05) is 6.07 Å². The van der Waals surface area contributed by atoms with Gasteiger partial charge in [0, 0.05) is 6.61 Å². The molecule has 0 heterocycles. The van der Waals surface area contributed by atoms with E-state index in [2.05, 4.69) is 0 Å². The number of aliphatic hydroxyl groups excluding tert-OH is 2. The fraction of sp³-hybridized carbons (Fsp3) is 0.538. The smallest absolute Gasteiger partial charge is 0.165 e. The second-order valence-corrected chi connectivity index (χ2v) is 3.99. The van der Waals surface area contributed by atoms with Crippen LogP contribution in [0.5, 0.6) is 5.75 Å². The highest BCUT2D eigenvalue weighted by atomic mass is 19.1. The van der Waals surface area contributed by atoms with Gasteiger partial charge in [-0.25, -0.2) is 4.39 Å². The maximum Gasteiger partial charge on any atom is 0.165 e. The van der Waals surface area contributed by atoms with Crippen molar-refractivity contribution in [3.05, 3.63) is 29.6 Å². The van der Waals surface area contributed by atoms with Crippen molar-refractivity contribution in [2.75, 3.05) is 19.8 Å². The van der Waals surface area contributed by atoms with Crippen LogP contribution < -0.4 is 4.74 Å². The van der Waals surface area contributed by atoms with Gasteiger partial charge in [-0.05, 0) is 31.5 Å². The molecule has 0 saturated heterocycles. The van der Waals surface area contributed by atoms with E-state index in [1.807, 2.05) is 6.92 Å². The highest BCUT2D eigenvalue weighted by Crippen LogP contribution is 2.22. The monoisotopic (exact) mass is 258 g/mol. The van der Waals surface area contributed by atoms with Crippen molar-refractivity contribution in [1.29, 1.82) is 0 Å². The first kappa shape index (κ1) is 14.9. The standard InChI is InChI=1S/C13H19FO4/c1-3-17-7-11(16)8-18-13-5-4-10(9(2)15)6-12(13)14/h4-6,9,11,15-16H,3,7-8H2,1-2H3. The lowest BCUT2D eigenvalue weighted by Crippen LogP contribution is -2.23. The zero-order valence-corrected chi connectivity index (χ0v) is 10.6. The van der Waals surface area contributed by atoms with Crippen molar-refractivity contribution < 1.29 is 24.1 Å². The molecule has 0 radical (unpaired) electrons. The minimum Gasteiger partial charge on any atom is -0.488 e. The van der Waals surface area contributed by atoms with Crippen LogP contribution in [-0.4, -0.2) is 36.1 Å². The summed E-state index contributed by atoms with van der Waals surface area (Å²) in [5.74, 6) is -0.507. The van der Waals surface area contributed by atoms with Gasteiger partial charge in [0.05, 0.1) is 12.7 Å². The topological polar surface area (TPSA) is 58.9 Å². The van der Waals surface area contributed by atoms with Crippen molar-refractivity contribution in [1.82, 2.24) is 0 Å². The minimum absolute atomic E-state index is 0.0368. The summed E-state index contributed by atoms with van der Waals surface area (Å²) in [6, 6.07) is 4.23. The van der Waals surface area contributed by atoms with Crippen molar-refractivity contribution in [3.63, 3.8) is 0 Å². The van der Waals surface area contributed by atoms with Gasteiger partial charge in [0.2, 0.25) is 0 Å². The molecule has 1 aromatic rings. The maximum absolute atomic E-state index is 13.6. The van der Waals surface area contributed by atoms with Gasteiger partial charge in [0.15, 0.2) is 11.6 Å². The first-order chi connectivity index (χ1) is 8.54. The number of ether oxygens (including phenoxy) is 2.